The number of rotatable bonds is 3. The molecule has 0 aromatic heterocycles. The molecule has 1 aliphatic heterocycles. The van der Waals surface area contributed by atoms with E-state index in [0.29, 0.717) is 12.5 Å². The maximum absolute atomic E-state index is 9.08. The zero-order valence-corrected chi connectivity index (χ0v) is 10.0. The minimum absolute atomic E-state index is 0.295. The van der Waals surface area contributed by atoms with Gasteiger partial charge in [-0.3, -0.25) is 0 Å². The number of hydrogen-bond donors (Lipinski definition) is 1. The predicted molar refractivity (Wildman–Crippen MR) is 66.5 cm³/mol. The van der Waals surface area contributed by atoms with Crippen LogP contribution < -0.4 is 0 Å². The second-order valence-electron chi connectivity index (χ2n) is 4.86. The summed E-state index contributed by atoms with van der Waals surface area (Å²) in [5, 5.41) is 9.08. The highest BCUT2D eigenvalue weighted by Gasteiger charge is 2.14. The summed E-state index contributed by atoms with van der Waals surface area (Å²) in [6.45, 7) is 5.68. The van der Waals surface area contributed by atoms with Gasteiger partial charge in [-0.1, -0.05) is 31.2 Å². The molecule has 16 heavy (non-hydrogen) atoms. The number of aliphatic hydroxyl groups excluding tert-OH is 1. The molecule has 0 fully saturated rings. The van der Waals surface area contributed by atoms with Gasteiger partial charge in [0.25, 0.3) is 0 Å². The Hall–Kier alpha value is -0.860. The van der Waals surface area contributed by atoms with E-state index in [1.165, 1.54) is 11.1 Å². The quantitative estimate of drug-likeness (QED) is 0.836. The van der Waals surface area contributed by atoms with E-state index in [9.17, 15) is 0 Å². The van der Waals surface area contributed by atoms with Gasteiger partial charge in [0, 0.05) is 26.2 Å². The molecule has 1 aromatic rings. The Morgan fingerprint density at radius 3 is 2.25 bits per heavy atom. The van der Waals surface area contributed by atoms with Crippen molar-refractivity contribution in [3.63, 3.8) is 0 Å². The van der Waals surface area contributed by atoms with E-state index in [4.69, 9.17) is 5.11 Å². The second kappa shape index (κ2) is 5.46. The molecule has 0 aliphatic carbocycles. The predicted octanol–water partition coefficient (Wildman–Crippen LogP) is 1.72. The highest BCUT2D eigenvalue weighted by molar-refractivity contribution is 5.28. The molecular weight excluding hydrogens is 198 g/mol. The Morgan fingerprint density at radius 1 is 1.19 bits per heavy atom. The first kappa shape index (κ1) is 11.6. The summed E-state index contributed by atoms with van der Waals surface area (Å²) in [5.41, 5.74) is 3.00. The standard InChI is InChI=1S/C14H21NO/c1-12(11-16)10-15-8-6-13-4-2-3-5-14(13)7-9-15/h2-5,12,16H,6-11H2,1H3. The summed E-state index contributed by atoms with van der Waals surface area (Å²) >= 11 is 0. The summed E-state index contributed by atoms with van der Waals surface area (Å²) in [5.74, 6) is 0.390. The van der Waals surface area contributed by atoms with Gasteiger partial charge >= 0.3 is 0 Å². The third-order valence-electron chi connectivity index (χ3n) is 3.39. The first-order valence-electron chi connectivity index (χ1n) is 6.19. The van der Waals surface area contributed by atoms with Crippen molar-refractivity contribution in [3.8, 4) is 0 Å². The van der Waals surface area contributed by atoms with Crippen LogP contribution in [0.15, 0.2) is 24.3 Å². The van der Waals surface area contributed by atoms with Crippen LogP contribution in [0.3, 0.4) is 0 Å². The second-order valence-corrected chi connectivity index (χ2v) is 4.86. The van der Waals surface area contributed by atoms with Gasteiger partial charge < -0.3 is 10.0 Å². The first-order chi connectivity index (χ1) is 7.79. The van der Waals surface area contributed by atoms with Crippen molar-refractivity contribution >= 4 is 0 Å². The molecule has 88 valence electrons. The molecular formula is C14H21NO. The summed E-state index contributed by atoms with van der Waals surface area (Å²) in [4.78, 5) is 2.47. The van der Waals surface area contributed by atoms with Crippen LogP contribution in [-0.2, 0) is 12.8 Å². The average Bonchev–Trinajstić information content (AvgIpc) is 2.52. The molecule has 1 aliphatic rings. The molecule has 2 heteroatoms. The van der Waals surface area contributed by atoms with Gasteiger partial charge in [0.2, 0.25) is 0 Å². The van der Waals surface area contributed by atoms with Crippen molar-refractivity contribution in [2.45, 2.75) is 19.8 Å². The Bertz CT molecular complexity index is 310. The Labute approximate surface area is 97.9 Å². The minimum atomic E-state index is 0.295. The minimum Gasteiger partial charge on any atom is -0.396 e. The topological polar surface area (TPSA) is 23.5 Å². The lowest BCUT2D eigenvalue weighted by atomic mass is 10.0. The molecule has 1 atom stereocenters. The van der Waals surface area contributed by atoms with E-state index in [2.05, 4.69) is 36.1 Å². The third kappa shape index (κ3) is 2.83. The van der Waals surface area contributed by atoms with Crippen LogP contribution in [0.2, 0.25) is 0 Å². The Kier molecular flexibility index (Phi) is 3.97. The fraction of sp³-hybridized carbons (Fsp3) is 0.571. The van der Waals surface area contributed by atoms with E-state index < -0.39 is 0 Å². The van der Waals surface area contributed by atoms with Crippen LogP contribution in [0, 0.1) is 5.92 Å². The van der Waals surface area contributed by atoms with Crippen LogP contribution in [0.25, 0.3) is 0 Å². The van der Waals surface area contributed by atoms with Crippen molar-refractivity contribution in [3.05, 3.63) is 35.4 Å². The monoisotopic (exact) mass is 219 g/mol. The van der Waals surface area contributed by atoms with Crippen molar-refractivity contribution in [1.29, 1.82) is 0 Å². The Balaban J connectivity index is 1.97. The van der Waals surface area contributed by atoms with E-state index in [1.807, 2.05) is 0 Å². The van der Waals surface area contributed by atoms with Crippen molar-refractivity contribution in [2.75, 3.05) is 26.2 Å². The van der Waals surface area contributed by atoms with Gasteiger partial charge in [0.15, 0.2) is 0 Å². The zero-order valence-electron chi connectivity index (χ0n) is 10.0. The number of aliphatic hydroxyl groups is 1. The molecule has 0 saturated carbocycles. The molecule has 2 rings (SSSR count). The van der Waals surface area contributed by atoms with Crippen LogP contribution in [0.5, 0.6) is 0 Å². The molecule has 0 radical (unpaired) electrons. The first-order valence-corrected chi connectivity index (χ1v) is 6.19. The molecule has 0 saturated heterocycles. The molecule has 2 nitrogen and oxygen atoms in total. The summed E-state index contributed by atoms with van der Waals surface area (Å²) in [6, 6.07) is 8.75. The molecule has 1 heterocycles. The van der Waals surface area contributed by atoms with Gasteiger partial charge in [-0.05, 0) is 29.9 Å². The summed E-state index contributed by atoms with van der Waals surface area (Å²) in [6.07, 6.45) is 2.29. The fourth-order valence-electron chi connectivity index (χ4n) is 2.40. The molecule has 1 unspecified atom stereocenters. The molecule has 0 spiro atoms. The molecule has 1 aromatic carbocycles. The van der Waals surface area contributed by atoms with Gasteiger partial charge in [-0.2, -0.15) is 0 Å². The molecule has 0 amide bonds. The van der Waals surface area contributed by atoms with E-state index >= 15 is 0 Å². The molecule has 0 bridgehead atoms. The van der Waals surface area contributed by atoms with Gasteiger partial charge in [-0.15, -0.1) is 0 Å². The maximum Gasteiger partial charge on any atom is 0.0468 e. The van der Waals surface area contributed by atoms with E-state index in [0.717, 1.165) is 32.5 Å². The van der Waals surface area contributed by atoms with Crippen LogP contribution in [-0.4, -0.2) is 36.2 Å². The average molecular weight is 219 g/mol. The van der Waals surface area contributed by atoms with E-state index in [1.54, 1.807) is 0 Å². The smallest absolute Gasteiger partial charge is 0.0468 e. The van der Waals surface area contributed by atoms with Crippen LogP contribution >= 0.6 is 0 Å². The lowest BCUT2D eigenvalue weighted by Crippen LogP contribution is -2.32. The lowest BCUT2D eigenvalue weighted by molar-refractivity contribution is 0.177. The van der Waals surface area contributed by atoms with Crippen LogP contribution in [0.1, 0.15) is 18.1 Å². The fourth-order valence-corrected chi connectivity index (χ4v) is 2.40. The maximum atomic E-state index is 9.08. The van der Waals surface area contributed by atoms with Crippen LogP contribution in [0.4, 0.5) is 0 Å². The van der Waals surface area contributed by atoms with Gasteiger partial charge in [0.1, 0.15) is 0 Å². The summed E-state index contributed by atoms with van der Waals surface area (Å²) in [7, 11) is 0. The number of hydrogen-bond acceptors (Lipinski definition) is 2. The Morgan fingerprint density at radius 2 is 1.75 bits per heavy atom. The van der Waals surface area contributed by atoms with Gasteiger partial charge in [0.05, 0.1) is 0 Å². The SMILES string of the molecule is CC(CO)CN1CCc2ccccc2CC1. The normalized spacial score (nSPS) is 18.9. The number of benzene rings is 1. The zero-order chi connectivity index (χ0) is 11.4. The van der Waals surface area contributed by atoms with E-state index in [-0.39, 0.29) is 0 Å². The lowest BCUT2D eigenvalue weighted by Gasteiger charge is -2.22. The number of fused-ring (bicyclic) bond motifs is 1. The summed E-state index contributed by atoms with van der Waals surface area (Å²) < 4.78 is 0. The third-order valence-corrected chi connectivity index (χ3v) is 3.39. The van der Waals surface area contributed by atoms with Crippen molar-refractivity contribution in [2.24, 2.45) is 5.92 Å². The highest BCUT2D eigenvalue weighted by atomic mass is 16.3. The van der Waals surface area contributed by atoms with Crippen molar-refractivity contribution in [1.82, 2.24) is 4.90 Å². The van der Waals surface area contributed by atoms with Crippen molar-refractivity contribution < 1.29 is 5.11 Å². The van der Waals surface area contributed by atoms with Gasteiger partial charge in [-0.25, -0.2) is 0 Å². The largest absolute Gasteiger partial charge is 0.396 e. The number of nitrogens with zero attached hydrogens (tertiary/aromatic N) is 1. The molecule has 1 N–H and O–H groups in total. The highest BCUT2D eigenvalue weighted by Crippen LogP contribution is 2.16.